The van der Waals surface area contributed by atoms with E-state index in [0.29, 0.717) is 10.6 Å². The molecule has 3 aromatic rings. The molecule has 0 fully saturated rings. The zero-order valence-electron chi connectivity index (χ0n) is 16.3. The van der Waals surface area contributed by atoms with Gasteiger partial charge in [0.1, 0.15) is 5.75 Å². The van der Waals surface area contributed by atoms with Crippen LogP contribution in [0.25, 0.3) is 5.69 Å². The van der Waals surface area contributed by atoms with E-state index in [-0.39, 0.29) is 5.91 Å². The second kappa shape index (κ2) is 8.31. The molecular formula is C22H22ClN3O2. The Morgan fingerprint density at radius 2 is 1.89 bits per heavy atom. The van der Waals surface area contributed by atoms with Crippen LogP contribution in [0.3, 0.4) is 0 Å². The number of methoxy groups -OCH3 is 1. The predicted molar refractivity (Wildman–Crippen MR) is 113 cm³/mol. The van der Waals surface area contributed by atoms with Crippen molar-refractivity contribution < 1.29 is 9.53 Å². The minimum absolute atomic E-state index is 0.236. The number of nitrogens with one attached hydrogen (secondary N) is 1. The van der Waals surface area contributed by atoms with E-state index in [1.807, 2.05) is 57.2 Å². The first-order valence-corrected chi connectivity index (χ1v) is 9.22. The van der Waals surface area contributed by atoms with Gasteiger partial charge in [0.25, 0.3) is 5.91 Å². The quantitative estimate of drug-likeness (QED) is 0.497. The number of aromatic nitrogens is 1. The molecule has 0 radical (unpaired) electrons. The van der Waals surface area contributed by atoms with E-state index in [0.717, 1.165) is 34.0 Å². The number of carbonyl (C=O) groups is 1. The fraction of sp³-hybridized carbons (Fsp3) is 0.182. The molecule has 6 heteroatoms. The predicted octanol–water partition coefficient (Wildman–Crippen LogP) is 4.83. The lowest BCUT2D eigenvalue weighted by Crippen LogP contribution is -2.18. The minimum atomic E-state index is -0.236. The Labute approximate surface area is 169 Å². The van der Waals surface area contributed by atoms with Crippen molar-refractivity contribution in [3.8, 4) is 11.4 Å². The van der Waals surface area contributed by atoms with E-state index in [1.54, 1.807) is 25.5 Å². The van der Waals surface area contributed by atoms with E-state index >= 15 is 0 Å². The van der Waals surface area contributed by atoms with Crippen LogP contribution in [0.15, 0.2) is 53.6 Å². The Hall–Kier alpha value is -3.05. The Morgan fingerprint density at radius 3 is 2.61 bits per heavy atom. The molecule has 1 aromatic heterocycles. The van der Waals surface area contributed by atoms with Crippen LogP contribution in [-0.4, -0.2) is 23.8 Å². The summed E-state index contributed by atoms with van der Waals surface area (Å²) in [4.78, 5) is 12.3. The van der Waals surface area contributed by atoms with Gasteiger partial charge in [0, 0.05) is 27.5 Å². The van der Waals surface area contributed by atoms with Crippen molar-refractivity contribution in [3.05, 3.63) is 81.6 Å². The highest BCUT2D eigenvalue weighted by Gasteiger charge is 2.14. The largest absolute Gasteiger partial charge is 0.495 e. The number of carbonyl (C=O) groups excluding carboxylic acids is 1. The average Bonchev–Trinajstić information content (AvgIpc) is 2.95. The van der Waals surface area contributed by atoms with E-state index in [1.165, 1.54) is 0 Å². The molecule has 5 nitrogen and oxygen atoms in total. The van der Waals surface area contributed by atoms with Crippen LogP contribution in [0.1, 0.15) is 32.9 Å². The number of ether oxygens (including phenoxy) is 1. The van der Waals surface area contributed by atoms with Gasteiger partial charge in [-0.1, -0.05) is 29.8 Å². The van der Waals surface area contributed by atoms with Gasteiger partial charge in [-0.2, -0.15) is 5.10 Å². The van der Waals surface area contributed by atoms with Crippen molar-refractivity contribution in [2.75, 3.05) is 7.11 Å². The molecule has 0 unspecified atom stereocenters. The van der Waals surface area contributed by atoms with Crippen molar-refractivity contribution in [2.24, 2.45) is 5.10 Å². The van der Waals surface area contributed by atoms with Crippen LogP contribution in [0.5, 0.6) is 5.75 Å². The molecule has 144 valence electrons. The molecule has 0 saturated carbocycles. The van der Waals surface area contributed by atoms with Gasteiger partial charge in [-0.05, 0) is 56.7 Å². The van der Waals surface area contributed by atoms with Gasteiger partial charge in [-0.25, -0.2) is 5.43 Å². The monoisotopic (exact) mass is 395 g/mol. The summed E-state index contributed by atoms with van der Waals surface area (Å²) in [5, 5.41) is 4.76. The van der Waals surface area contributed by atoms with Crippen LogP contribution in [0, 0.1) is 20.8 Å². The van der Waals surface area contributed by atoms with Gasteiger partial charge in [0.05, 0.1) is 19.0 Å². The van der Waals surface area contributed by atoms with Crippen molar-refractivity contribution in [2.45, 2.75) is 20.8 Å². The number of halogens is 1. The molecule has 0 aliphatic carbocycles. The lowest BCUT2D eigenvalue weighted by molar-refractivity contribution is 0.0954. The second-order valence-electron chi connectivity index (χ2n) is 6.49. The second-order valence-corrected chi connectivity index (χ2v) is 6.93. The first-order chi connectivity index (χ1) is 13.4. The Kier molecular flexibility index (Phi) is 5.85. The summed E-state index contributed by atoms with van der Waals surface area (Å²) >= 11 is 6.18. The molecule has 3 rings (SSSR count). The van der Waals surface area contributed by atoms with Crippen molar-refractivity contribution in [1.82, 2.24) is 9.99 Å². The van der Waals surface area contributed by atoms with Crippen molar-refractivity contribution in [3.63, 3.8) is 0 Å². The highest BCUT2D eigenvalue weighted by atomic mass is 35.5. The number of hydrazone groups is 1. The summed E-state index contributed by atoms with van der Waals surface area (Å²) in [5.41, 5.74) is 7.82. The number of aryl methyl sites for hydroxylation is 2. The van der Waals surface area contributed by atoms with Crippen LogP contribution in [-0.2, 0) is 0 Å². The third-order valence-corrected chi connectivity index (χ3v) is 4.85. The van der Waals surface area contributed by atoms with E-state index in [9.17, 15) is 4.79 Å². The summed E-state index contributed by atoms with van der Waals surface area (Å²) in [6.07, 6.45) is 1.64. The molecule has 1 N–H and O–H groups in total. The first kappa shape index (κ1) is 19.7. The Morgan fingerprint density at radius 1 is 1.14 bits per heavy atom. The van der Waals surface area contributed by atoms with Gasteiger partial charge in [0.2, 0.25) is 0 Å². The molecule has 0 aliphatic heterocycles. The van der Waals surface area contributed by atoms with Crippen LogP contribution in [0.4, 0.5) is 0 Å². The zero-order valence-corrected chi connectivity index (χ0v) is 17.0. The maximum atomic E-state index is 12.3. The number of hydrogen-bond acceptors (Lipinski definition) is 3. The smallest absolute Gasteiger partial charge is 0.271 e. The summed E-state index contributed by atoms with van der Waals surface area (Å²) in [7, 11) is 1.63. The van der Waals surface area contributed by atoms with Crippen molar-refractivity contribution in [1.29, 1.82) is 0 Å². The third kappa shape index (κ3) is 3.94. The molecule has 28 heavy (non-hydrogen) atoms. The maximum Gasteiger partial charge on any atom is 0.271 e. The number of nitrogens with zero attached hydrogens (tertiary/aromatic N) is 2. The van der Waals surface area contributed by atoms with Gasteiger partial charge < -0.3 is 9.30 Å². The first-order valence-electron chi connectivity index (χ1n) is 8.84. The number of amides is 1. The summed E-state index contributed by atoms with van der Waals surface area (Å²) in [6, 6.07) is 14.9. The highest BCUT2D eigenvalue weighted by Crippen LogP contribution is 2.30. The zero-order chi connectivity index (χ0) is 20.3. The van der Waals surface area contributed by atoms with E-state index in [2.05, 4.69) is 15.1 Å². The number of hydrogen-bond donors (Lipinski definition) is 1. The molecule has 2 aromatic carbocycles. The molecule has 0 aliphatic rings. The number of benzene rings is 2. The standard InChI is InChI=1S/C22H22ClN3O2/c1-14-7-5-6-8-19(14)22(27)25-24-13-17-11-15(2)26(16(17)3)20-12-18(23)9-10-21(20)28-4/h5-13H,1-4H3,(H,25,27)/b24-13-. The molecular weight excluding hydrogens is 374 g/mol. The maximum absolute atomic E-state index is 12.3. The van der Waals surface area contributed by atoms with Crippen molar-refractivity contribution >= 4 is 23.7 Å². The molecule has 0 spiro atoms. The Balaban J connectivity index is 1.87. The Bertz CT molecular complexity index is 1050. The average molecular weight is 396 g/mol. The van der Waals surface area contributed by atoms with Gasteiger partial charge in [-0.3, -0.25) is 4.79 Å². The molecule has 0 atom stereocenters. The van der Waals surface area contributed by atoms with Gasteiger partial charge in [-0.15, -0.1) is 0 Å². The lowest BCUT2D eigenvalue weighted by Gasteiger charge is -2.14. The molecule has 1 heterocycles. The third-order valence-electron chi connectivity index (χ3n) is 4.61. The lowest BCUT2D eigenvalue weighted by atomic mass is 10.1. The van der Waals surface area contributed by atoms with E-state index in [4.69, 9.17) is 16.3 Å². The SMILES string of the molecule is COc1ccc(Cl)cc1-n1c(C)cc(/C=N\NC(=O)c2ccccc2C)c1C. The normalized spacial score (nSPS) is 11.0. The fourth-order valence-electron chi connectivity index (χ4n) is 3.18. The summed E-state index contributed by atoms with van der Waals surface area (Å²) in [5.74, 6) is 0.488. The van der Waals surface area contributed by atoms with Crippen LogP contribution < -0.4 is 10.2 Å². The molecule has 1 amide bonds. The van der Waals surface area contributed by atoms with Crippen LogP contribution >= 0.6 is 11.6 Å². The topological polar surface area (TPSA) is 55.6 Å². The minimum Gasteiger partial charge on any atom is -0.495 e. The van der Waals surface area contributed by atoms with Gasteiger partial charge in [0.15, 0.2) is 0 Å². The molecule has 0 saturated heterocycles. The van der Waals surface area contributed by atoms with Crippen LogP contribution in [0.2, 0.25) is 5.02 Å². The highest BCUT2D eigenvalue weighted by molar-refractivity contribution is 6.30. The fourth-order valence-corrected chi connectivity index (χ4v) is 3.34. The summed E-state index contributed by atoms with van der Waals surface area (Å²) < 4.78 is 7.53. The number of rotatable bonds is 5. The van der Waals surface area contributed by atoms with E-state index < -0.39 is 0 Å². The van der Waals surface area contributed by atoms with Gasteiger partial charge >= 0.3 is 0 Å². The summed E-state index contributed by atoms with van der Waals surface area (Å²) in [6.45, 7) is 5.87. The molecule has 0 bridgehead atoms.